The molecule has 8 heteroatoms. The number of ketones is 1. The molecule has 0 saturated carbocycles. The highest BCUT2D eigenvalue weighted by molar-refractivity contribution is 6.49. The minimum absolute atomic E-state index is 0.0739. The Bertz CT molecular complexity index is 986. The molecular formula is C19H13Cl2N3O3. The van der Waals surface area contributed by atoms with Gasteiger partial charge in [-0.3, -0.25) is 19.4 Å². The molecule has 0 radical (unpaired) electrons. The standard InChI is InChI=1S/C19H13Cl2N3O3/c1-10(25)16-15-17(24(22-16)14-8-4-12(21)5-9-14)19(27)23(18(15)26)13-6-2-11(20)3-7-13/h2-9,15,17H,1H3/t15-,17-/m0/s1. The van der Waals surface area contributed by atoms with E-state index in [1.54, 1.807) is 48.5 Å². The van der Waals surface area contributed by atoms with Crippen molar-refractivity contribution in [2.75, 3.05) is 9.91 Å². The second-order valence-electron chi connectivity index (χ2n) is 6.27. The van der Waals surface area contributed by atoms with Gasteiger partial charge in [0.25, 0.3) is 5.91 Å². The average Bonchev–Trinajstić information content (AvgIpc) is 3.15. The van der Waals surface area contributed by atoms with Crippen molar-refractivity contribution >= 4 is 57.9 Å². The van der Waals surface area contributed by atoms with Gasteiger partial charge in [0.2, 0.25) is 5.91 Å². The third-order valence-electron chi connectivity index (χ3n) is 4.59. The van der Waals surface area contributed by atoms with Crippen molar-refractivity contribution in [2.24, 2.45) is 11.0 Å². The Morgan fingerprint density at radius 3 is 1.93 bits per heavy atom. The summed E-state index contributed by atoms with van der Waals surface area (Å²) in [5.74, 6) is -2.21. The lowest BCUT2D eigenvalue weighted by atomic mass is 9.95. The Kier molecular flexibility index (Phi) is 4.25. The van der Waals surface area contributed by atoms with Crippen molar-refractivity contribution in [3.63, 3.8) is 0 Å². The number of carbonyl (C=O) groups excluding carboxylic acids is 3. The van der Waals surface area contributed by atoms with Crippen LogP contribution in [0.5, 0.6) is 0 Å². The minimum atomic E-state index is -0.943. The zero-order chi connectivity index (χ0) is 19.3. The van der Waals surface area contributed by atoms with Crippen LogP contribution in [0, 0.1) is 5.92 Å². The molecule has 6 nitrogen and oxygen atoms in total. The molecule has 0 spiro atoms. The van der Waals surface area contributed by atoms with Crippen LogP contribution in [0.4, 0.5) is 11.4 Å². The first-order valence-electron chi connectivity index (χ1n) is 8.16. The molecule has 0 aliphatic carbocycles. The van der Waals surface area contributed by atoms with Crippen LogP contribution in [-0.4, -0.2) is 29.4 Å². The van der Waals surface area contributed by atoms with Crippen molar-refractivity contribution in [3.8, 4) is 0 Å². The third-order valence-corrected chi connectivity index (χ3v) is 5.09. The van der Waals surface area contributed by atoms with Gasteiger partial charge in [0.15, 0.2) is 5.78 Å². The van der Waals surface area contributed by atoms with E-state index in [1.165, 1.54) is 11.9 Å². The summed E-state index contributed by atoms with van der Waals surface area (Å²) in [4.78, 5) is 39.3. The van der Waals surface area contributed by atoms with E-state index in [1.807, 2.05) is 0 Å². The highest BCUT2D eigenvalue weighted by atomic mass is 35.5. The highest BCUT2D eigenvalue weighted by Gasteiger charge is 2.58. The number of hydrogen-bond acceptors (Lipinski definition) is 5. The Labute approximate surface area is 165 Å². The molecule has 1 fully saturated rings. The molecule has 2 atom stereocenters. The average molecular weight is 402 g/mol. The smallest absolute Gasteiger partial charge is 0.259 e. The Morgan fingerprint density at radius 1 is 0.889 bits per heavy atom. The van der Waals surface area contributed by atoms with Crippen LogP contribution >= 0.6 is 23.2 Å². The van der Waals surface area contributed by atoms with E-state index >= 15 is 0 Å². The number of rotatable bonds is 3. The number of nitrogens with zero attached hydrogens (tertiary/aromatic N) is 3. The molecule has 2 aromatic carbocycles. The van der Waals surface area contributed by atoms with Crippen molar-refractivity contribution in [1.29, 1.82) is 0 Å². The van der Waals surface area contributed by atoms with Gasteiger partial charge >= 0.3 is 0 Å². The fraction of sp³-hybridized carbons (Fsp3) is 0.158. The number of benzene rings is 2. The van der Waals surface area contributed by atoms with E-state index < -0.39 is 23.8 Å². The van der Waals surface area contributed by atoms with E-state index in [9.17, 15) is 14.4 Å². The van der Waals surface area contributed by atoms with Gasteiger partial charge in [-0.15, -0.1) is 0 Å². The molecule has 2 aliphatic rings. The second-order valence-corrected chi connectivity index (χ2v) is 7.15. The summed E-state index contributed by atoms with van der Waals surface area (Å²) in [5.41, 5.74) is 1.05. The summed E-state index contributed by atoms with van der Waals surface area (Å²) < 4.78 is 0. The van der Waals surface area contributed by atoms with E-state index in [0.717, 1.165) is 4.90 Å². The number of hydrazone groups is 1. The van der Waals surface area contributed by atoms with Crippen molar-refractivity contribution in [3.05, 3.63) is 58.6 Å². The molecule has 2 heterocycles. The minimum Gasteiger partial charge on any atom is -0.293 e. The molecule has 1 saturated heterocycles. The topological polar surface area (TPSA) is 70.1 Å². The second kappa shape index (κ2) is 6.48. The third kappa shape index (κ3) is 2.81. The molecule has 2 aromatic rings. The lowest BCUT2D eigenvalue weighted by Gasteiger charge is -2.22. The van der Waals surface area contributed by atoms with Crippen molar-refractivity contribution in [2.45, 2.75) is 13.0 Å². The van der Waals surface area contributed by atoms with Gasteiger partial charge in [-0.05, 0) is 48.5 Å². The lowest BCUT2D eigenvalue weighted by Crippen LogP contribution is -2.39. The molecule has 0 aromatic heterocycles. The normalized spacial score (nSPS) is 21.5. The van der Waals surface area contributed by atoms with E-state index in [4.69, 9.17) is 23.2 Å². The van der Waals surface area contributed by atoms with Crippen molar-refractivity contribution < 1.29 is 14.4 Å². The first-order chi connectivity index (χ1) is 12.9. The molecule has 4 rings (SSSR count). The first-order valence-corrected chi connectivity index (χ1v) is 8.91. The maximum atomic E-state index is 13.1. The van der Waals surface area contributed by atoms with Crippen LogP contribution in [0.2, 0.25) is 10.0 Å². The number of fused-ring (bicyclic) bond motifs is 1. The van der Waals surface area contributed by atoms with Gasteiger partial charge in [-0.1, -0.05) is 23.2 Å². The van der Waals surface area contributed by atoms with Crippen LogP contribution < -0.4 is 9.91 Å². The number of imide groups is 1. The van der Waals surface area contributed by atoms with Gasteiger partial charge in [-0.25, -0.2) is 4.90 Å². The molecule has 27 heavy (non-hydrogen) atoms. The number of Topliss-reactive ketones (excluding diaryl/α,β-unsaturated/α-hetero) is 1. The monoisotopic (exact) mass is 401 g/mol. The maximum absolute atomic E-state index is 13.1. The Morgan fingerprint density at radius 2 is 1.41 bits per heavy atom. The van der Waals surface area contributed by atoms with Gasteiger partial charge in [0.1, 0.15) is 17.7 Å². The van der Waals surface area contributed by atoms with Gasteiger partial charge in [0, 0.05) is 17.0 Å². The number of anilines is 2. The summed E-state index contributed by atoms with van der Waals surface area (Å²) in [6.45, 7) is 1.34. The largest absolute Gasteiger partial charge is 0.293 e. The van der Waals surface area contributed by atoms with E-state index in [-0.39, 0.29) is 11.5 Å². The quantitative estimate of drug-likeness (QED) is 0.739. The molecule has 0 unspecified atom stereocenters. The van der Waals surface area contributed by atoms with Crippen LogP contribution in [0.1, 0.15) is 6.92 Å². The number of hydrogen-bond donors (Lipinski definition) is 0. The van der Waals surface area contributed by atoms with Gasteiger partial charge in [0.05, 0.1) is 11.4 Å². The van der Waals surface area contributed by atoms with Gasteiger partial charge in [-0.2, -0.15) is 5.10 Å². The fourth-order valence-corrected chi connectivity index (χ4v) is 3.61. The SMILES string of the molecule is CC(=O)C1=NN(c2ccc(Cl)cc2)[C@@H]2C(=O)N(c3ccc(Cl)cc3)C(=O)[C@@H]12. The van der Waals surface area contributed by atoms with Crippen LogP contribution in [-0.2, 0) is 14.4 Å². The van der Waals surface area contributed by atoms with Crippen LogP contribution in [0.25, 0.3) is 0 Å². The zero-order valence-corrected chi connectivity index (χ0v) is 15.6. The Hall–Kier alpha value is -2.70. The predicted octanol–water partition coefficient (Wildman–Crippen LogP) is 3.32. The Balaban J connectivity index is 1.79. The highest BCUT2D eigenvalue weighted by Crippen LogP contribution is 2.38. The number of halogens is 2. The first kappa shape index (κ1) is 17.7. The number of carbonyl (C=O) groups is 3. The summed E-state index contributed by atoms with van der Waals surface area (Å²) in [5, 5.41) is 6.73. The summed E-state index contributed by atoms with van der Waals surface area (Å²) in [7, 11) is 0. The number of amides is 2. The summed E-state index contributed by atoms with van der Waals surface area (Å²) in [6.07, 6.45) is 0. The molecule has 0 bridgehead atoms. The summed E-state index contributed by atoms with van der Waals surface area (Å²) in [6, 6.07) is 12.2. The van der Waals surface area contributed by atoms with E-state index in [2.05, 4.69) is 5.10 Å². The predicted molar refractivity (Wildman–Crippen MR) is 103 cm³/mol. The van der Waals surface area contributed by atoms with Crippen LogP contribution in [0.15, 0.2) is 53.6 Å². The van der Waals surface area contributed by atoms with E-state index in [0.29, 0.717) is 21.4 Å². The van der Waals surface area contributed by atoms with Crippen molar-refractivity contribution in [1.82, 2.24) is 0 Å². The fourth-order valence-electron chi connectivity index (χ4n) is 3.36. The molecule has 2 aliphatic heterocycles. The molecular weight excluding hydrogens is 389 g/mol. The zero-order valence-electron chi connectivity index (χ0n) is 14.1. The molecule has 0 N–H and O–H groups in total. The van der Waals surface area contributed by atoms with Crippen LogP contribution in [0.3, 0.4) is 0 Å². The molecule has 136 valence electrons. The summed E-state index contributed by atoms with van der Waals surface area (Å²) >= 11 is 11.8. The molecule has 2 amide bonds. The lowest BCUT2D eigenvalue weighted by molar-refractivity contribution is -0.122. The van der Waals surface area contributed by atoms with Gasteiger partial charge < -0.3 is 0 Å². The maximum Gasteiger partial charge on any atom is 0.259 e.